The maximum atomic E-state index is 9.07. The number of aliphatic hydroxyl groups is 1. The Morgan fingerprint density at radius 1 is 1.31 bits per heavy atom. The van der Waals surface area contributed by atoms with Gasteiger partial charge in [0.15, 0.2) is 0 Å². The van der Waals surface area contributed by atoms with E-state index in [1.54, 1.807) is 0 Å². The van der Waals surface area contributed by atoms with Crippen LogP contribution in [-0.4, -0.2) is 17.8 Å². The molecule has 1 saturated carbocycles. The van der Waals surface area contributed by atoms with E-state index in [9.17, 15) is 0 Å². The molecule has 0 radical (unpaired) electrons. The van der Waals surface area contributed by atoms with E-state index < -0.39 is 0 Å². The summed E-state index contributed by atoms with van der Waals surface area (Å²) in [4.78, 5) is 0. The summed E-state index contributed by atoms with van der Waals surface area (Å²) < 4.78 is 0. The van der Waals surface area contributed by atoms with E-state index >= 15 is 0 Å². The smallest absolute Gasteiger partial charge is 0.0584 e. The molecular formula is C14H21NO. The highest BCUT2D eigenvalue weighted by molar-refractivity contribution is 5.27. The quantitative estimate of drug-likeness (QED) is 0.770. The first-order valence-electron chi connectivity index (χ1n) is 6.26. The minimum atomic E-state index is 0.219. The third-order valence-electron chi connectivity index (χ3n) is 3.34. The van der Waals surface area contributed by atoms with Gasteiger partial charge in [0, 0.05) is 12.6 Å². The highest BCUT2D eigenvalue weighted by atomic mass is 16.3. The number of aliphatic hydroxyl groups excluding tert-OH is 1. The number of benzene rings is 1. The average Bonchev–Trinajstić information content (AvgIpc) is 3.15. The molecule has 1 aliphatic carbocycles. The van der Waals surface area contributed by atoms with Crippen LogP contribution in [0, 0.1) is 0 Å². The van der Waals surface area contributed by atoms with Crippen molar-refractivity contribution in [3.05, 3.63) is 35.4 Å². The molecule has 16 heavy (non-hydrogen) atoms. The maximum Gasteiger partial charge on any atom is 0.0584 e. The topological polar surface area (TPSA) is 32.3 Å². The molecule has 2 N–H and O–H groups in total. The molecule has 1 aromatic carbocycles. The first-order chi connectivity index (χ1) is 7.83. The molecule has 0 unspecified atom stereocenters. The molecule has 2 rings (SSSR count). The van der Waals surface area contributed by atoms with Crippen molar-refractivity contribution < 1.29 is 5.11 Å². The van der Waals surface area contributed by atoms with Crippen LogP contribution in [0.2, 0.25) is 0 Å². The normalized spacial score (nSPS) is 17.4. The van der Waals surface area contributed by atoms with E-state index in [1.165, 1.54) is 24.0 Å². The molecule has 2 nitrogen and oxygen atoms in total. The molecule has 1 fully saturated rings. The van der Waals surface area contributed by atoms with E-state index in [2.05, 4.69) is 36.5 Å². The van der Waals surface area contributed by atoms with Crippen LogP contribution >= 0.6 is 0 Å². The first kappa shape index (κ1) is 11.6. The molecule has 0 saturated heterocycles. The van der Waals surface area contributed by atoms with Gasteiger partial charge in [0.05, 0.1) is 6.61 Å². The molecule has 0 aliphatic heterocycles. The molecule has 1 aromatic rings. The predicted octanol–water partition coefficient (Wildman–Crippen LogP) is 2.42. The van der Waals surface area contributed by atoms with Gasteiger partial charge in [-0.1, -0.05) is 31.2 Å². The second kappa shape index (κ2) is 5.46. The number of nitrogens with one attached hydrogen (secondary N) is 1. The van der Waals surface area contributed by atoms with Crippen LogP contribution in [0.4, 0.5) is 0 Å². The van der Waals surface area contributed by atoms with Gasteiger partial charge < -0.3 is 10.4 Å². The molecular weight excluding hydrogens is 198 g/mol. The van der Waals surface area contributed by atoms with Gasteiger partial charge in [0.2, 0.25) is 0 Å². The Bertz CT molecular complexity index is 312. The lowest BCUT2D eigenvalue weighted by molar-refractivity contribution is 0.238. The van der Waals surface area contributed by atoms with Crippen LogP contribution in [0.15, 0.2) is 24.3 Å². The zero-order valence-electron chi connectivity index (χ0n) is 9.95. The third-order valence-corrected chi connectivity index (χ3v) is 3.34. The lowest BCUT2D eigenvalue weighted by atomic mass is 10.1. The minimum Gasteiger partial charge on any atom is -0.395 e. The fourth-order valence-electron chi connectivity index (χ4n) is 1.92. The second-order valence-corrected chi connectivity index (χ2v) is 4.68. The Hall–Kier alpha value is -0.860. The van der Waals surface area contributed by atoms with Gasteiger partial charge >= 0.3 is 0 Å². The summed E-state index contributed by atoms with van der Waals surface area (Å²) in [6.45, 7) is 3.16. The van der Waals surface area contributed by atoms with E-state index in [1.807, 2.05) is 0 Å². The third kappa shape index (κ3) is 3.06. The highest BCUT2D eigenvalue weighted by Gasteiger charge is 2.22. The lowest BCUT2D eigenvalue weighted by Gasteiger charge is -2.13. The Kier molecular flexibility index (Phi) is 3.97. The van der Waals surface area contributed by atoms with Crippen molar-refractivity contribution in [2.75, 3.05) is 6.61 Å². The van der Waals surface area contributed by atoms with Gasteiger partial charge in [-0.15, -0.1) is 0 Å². The van der Waals surface area contributed by atoms with Crippen molar-refractivity contribution >= 4 is 0 Å². The van der Waals surface area contributed by atoms with Crippen molar-refractivity contribution in [1.82, 2.24) is 5.32 Å². The largest absolute Gasteiger partial charge is 0.395 e. The van der Waals surface area contributed by atoms with Crippen LogP contribution in [-0.2, 0) is 6.54 Å². The number of rotatable bonds is 6. The molecule has 2 heteroatoms. The van der Waals surface area contributed by atoms with Crippen LogP contribution in [0.1, 0.15) is 43.2 Å². The molecule has 1 atom stereocenters. The predicted molar refractivity (Wildman–Crippen MR) is 66.4 cm³/mol. The van der Waals surface area contributed by atoms with Gasteiger partial charge in [-0.2, -0.15) is 0 Å². The minimum absolute atomic E-state index is 0.219. The first-order valence-corrected chi connectivity index (χ1v) is 6.26. The van der Waals surface area contributed by atoms with Crippen molar-refractivity contribution in [1.29, 1.82) is 0 Å². The van der Waals surface area contributed by atoms with E-state index in [-0.39, 0.29) is 12.6 Å². The van der Waals surface area contributed by atoms with Gasteiger partial charge in [-0.25, -0.2) is 0 Å². The van der Waals surface area contributed by atoms with Crippen LogP contribution < -0.4 is 5.32 Å². The van der Waals surface area contributed by atoms with Crippen molar-refractivity contribution in [2.45, 2.75) is 44.7 Å². The highest BCUT2D eigenvalue weighted by Crippen LogP contribution is 2.39. The Labute approximate surface area is 97.7 Å². The van der Waals surface area contributed by atoms with Crippen LogP contribution in [0.3, 0.4) is 0 Å². The molecule has 0 spiro atoms. The lowest BCUT2D eigenvalue weighted by Crippen LogP contribution is -2.31. The zero-order valence-corrected chi connectivity index (χ0v) is 9.95. The van der Waals surface area contributed by atoms with Gasteiger partial charge in [0.25, 0.3) is 0 Å². The summed E-state index contributed by atoms with van der Waals surface area (Å²) in [7, 11) is 0. The molecule has 0 bridgehead atoms. The van der Waals surface area contributed by atoms with Gasteiger partial charge in [-0.05, 0) is 36.3 Å². The SMILES string of the molecule is CC[C@@H](CO)NCc1ccc(C2CC2)cc1. The van der Waals surface area contributed by atoms with Crippen LogP contribution in [0.25, 0.3) is 0 Å². The Morgan fingerprint density at radius 3 is 2.50 bits per heavy atom. The summed E-state index contributed by atoms with van der Waals surface area (Å²) >= 11 is 0. The molecule has 0 amide bonds. The number of hydrogen-bond donors (Lipinski definition) is 2. The van der Waals surface area contributed by atoms with Gasteiger partial charge in [0.1, 0.15) is 0 Å². The Balaban J connectivity index is 1.84. The van der Waals surface area contributed by atoms with Crippen molar-refractivity contribution in [2.24, 2.45) is 0 Å². The fraction of sp³-hybridized carbons (Fsp3) is 0.571. The zero-order chi connectivity index (χ0) is 11.4. The Morgan fingerprint density at radius 2 is 2.00 bits per heavy atom. The maximum absolute atomic E-state index is 9.07. The summed E-state index contributed by atoms with van der Waals surface area (Å²) in [6, 6.07) is 9.11. The van der Waals surface area contributed by atoms with Crippen LogP contribution in [0.5, 0.6) is 0 Å². The molecule has 88 valence electrons. The van der Waals surface area contributed by atoms with Gasteiger partial charge in [-0.3, -0.25) is 0 Å². The number of hydrogen-bond acceptors (Lipinski definition) is 2. The van der Waals surface area contributed by atoms with E-state index in [4.69, 9.17) is 5.11 Å². The second-order valence-electron chi connectivity index (χ2n) is 4.68. The van der Waals surface area contributed by atoms with Crippen molar-refractivity contribution in [3.63, 3.8) is 0 Å². The summed E-state index contributed by atoms with van der Waals surface area (Å²) in [6.07, 6.45) is 3.69. The molecule has 1 aliphatic rings. The summed E-state index contributed by atoms with van der Waals surface area (Å²) in [5, 5.41) is 12.4. The van der Waals surface area contributed by atoms with E-state index in [0.717, 1.165) is 18.9 Å². The monoisotopic (exact) mass is 219 g/mol. The average molecular weight is 219 g/mol. The molecule has 0 heterocycles. The molecule has 0 aromatic heterocycles. The fourth-order valence-corrected chi connectivity index (χ4v) is 1.92. The standard InChI is InChI=1S/C14H21NO/c1-2-14(10-16)15-9-11-3-5-12(6-4-11)13-7-8-13/h3-6,13-16H,2,7-10H2,1H3/t14-/m0/s1. The van der Waals surface area contributed by atoms with Crippen molar-refractivity contribution in [3.8, 4) is 0 Å². The summed E-state index contributed by atoms with van der Waals surface area (Å²) in [5.41, 5.74) is 2.79. The van der Waals surface area contributed by atoms with E-state index in [0.29, 0.717) is 0 Å². The summed E-state index contributed by atoms with van der Waals surface area (Å²) in [5.74, 6) is 0.836.